The Morgan fingerprint density at radius 3 is 2.71 bits per heavy atom. The molecule has 0 fully saturated rings. The minimum atomic E-state index is -0.275. The van der Waals surface area contributed by atoms with Crippen LogP contribution in [0.3, 0.4) is 0 Å². The molecule has 0 radical (unpaired) electrons. The van der Waals surface area contributed by atoms with Gasteiger partial charge in [-0.2, -0.15) is 0 Å². The predicted molar refractivity (Wildman–Crippen MR) is 69.8 cm³/mol. The zero-order valence-electron chi connectivity index (χ0n) is 9.18. The molecule has 0 aliphatic heterocycles. The van der Waals surface area contributed by atoms with E-state index >= 15 is 0 Å². The summed E-state index contributed by atoms with van der Waals surface area (Å²) in [4.78, 5) is 25.3. The molecule has 0 aliphatic carbocycles. The number of hydrogen-bond acceptors (Lipinski definition) is 3. The number of esters is 1. The second-order valence-electron chi connectivity index (χ2n) is 3.26. The maximum absolute atomic E-state index is 11.7. The van der Waals surface area contributed by atoms with Crippen LogP contribution >= 0.6 is 31.9 Å². The Morgan fingerprint density at radius 2 is 2.18 bits per heavy atom. The summed E-state index contributed by atoms with van der Waals surface area (Å²) in [6.45, 7) is 0.428. The van der Waals surface area contributed by atoms with Crippen LogP contribution in [0.4, 0.5) is 0 Å². The maximum atomic E-state index is 11.7. The molecule has 0 aromatic carbocycles. The van der Waals surface area contributed by atoms with Crippen molar-refractivity contribution in [2.45, 2.75) is 12.8 Å². The number of nitrogens with one attached hydrogen (secondary N) is 2. The van der Waals surface area contributed by atoms with E-state index in [0.717, 1.165) is 4.47 Å². The molecule has 0 saturated heterocycles. The summed E-state index contributed by atoms with van der Waals surface area (Å²) in [5.41, 5.74) is 0.454. The largest absolute Gasteiger partial charge is 0.469 e. The van der Waals surface area contributed by atoms with E-state index in [1.807, 2.05) is 0 Å². The molecule has 1 aromatic heterocycles. The number of hydrogen-bond donors (Lipinski definition) is 2. The highest BCUT2D eigenvalue weighted by molar-refractivity contribution is 9.13. The topological polar surface area (TPSA) is 71.2 Å². The molecule has 1 aromatic rings. The number of H-pyrrole nitrogens is 1. The number of amides is 1. The van der Waals surface area contributed by atoms with Gasteiger partial charge in [-0.15, -0.1) is 0 Å². The fourth-order valence-electron chi connectivity index (χ4n) is 1.17. The normalized spacial score (nSPS) is 10.1. The van der Waals surface area contributed by atoms with Gasteiger partial charge in [0, 0.05) is 19.2 Å². The fraction of sp³-hybridized carbons (Fsp3) is 0.400. The second kappa shape index (κ2) is 6.80. The Hall–Kier alpha value is -0.820. The van der Waals surface area contributed by atoms with Crippen LogP contribution in [0.25, 0.3) is 0 Å². The molecule has 1 amide bonds. The van der Waals surface area contributed by atoms with E-state index in [1.54, 1.807) is 6.20 Å². The lowest BCUT2D eigenvalue weighted by atomic mass is 10.3. The number of rotatable bonds is 5. The van der Waals surface area contributed by atoms with Gasteiger partial charge < -0.3 is 15.0 Å². The van der Waals surface area contributed by atoms with Crippen LogP contribution in [0.1, 0.15) is 23.3 Å². The maximum Gasteiger partial charge on any atom is 0.305 e. The molecule has 1 rings (SSSR count). The van der Waals surface area contributed by atoms with Crippen molar-refractivity contribution in [3.63, 3.8) is 0 Å². The number of carbonyl (C=O) groups is 2. The highest BCUT2D eigenvalue weighted by Gasteiger charge is 2.13. The molecule has 0 atom stereocenters. The third kappa shape index (κ3) is 4.16. The van der Waals surface area contributed by atoms with Crippen molar-refractivity contribution in [1.82, 2.24) is 10.3 Å². The van der Waals surface area contributed by atoms with Gasteiger partial charge in [0.1, 0.15) is 5.69 Å². The summed E-state index contributed by atoms with van der Waals surface area (Å²) in [6, 6.07) is 0. The van der Waals surface area contributed by atoms with Crippen molar-refractivity contribution in [3.05, 3.63) is 20.8 Å². The average Bonchev–Trinajstić information content (AvgIpc) is 2.65. The molecule has 1 heterocycles. The first kappa shape index (κ1) is 14.2. The van der Waals surface area contributed by atoms with E-state index in [2.05, 4.69) is 46.9 Å². The third-order valence-corrected chi connectivity index (χ3v) is 4.05. The summed E-state index contributed by atoms with van der Waals surface area (Å²) in [5, 5.41) is 2.70. The van der Waals surface area contributed by atoms with Crippen molar-refractivity contribution in [1.29, 1.82) is 0 Å². The number of aromatic amines is 1. The zero-order valence-corrected chi connectivity index (χ0v) is 12.4. The quantitative estimate of drug-likeness (QED) is 0.619. The van der Waals surface area contributed by atoms with E-state index in [9.17, 15) is 9.59 Å². The molecule has 2 N–H and O–H groups in total. The molecular weight excluding hydrogens is 356 g/mol. The van der Waals surface area contributed by atoms with E-state index in [0.29, 0.717) is 29.6 Å². The first-order valence-corrected chi connectivity index (χ1v) is 6.52. The Bertz CT molecular complexity index is 418. The summed E-state index contributed by atoms with van der Waals surface area (Å²) >= 11 is 6.56. The lowest BCUT2D eigenvalue weighted by molar-refractivity contribution is -0.140. The highest BCUT2D eigenvalue weighted by atomic mass is 79.9. The Kier molecular flexibility index (Phi) is 5.70. The van der Waals surface area contributed by atoms with E-state index in [1.165, 1.54) is 7.11 Å². The highest BCUT2D eigenvalue weighted by Crippen LogP contribution is 2.26. The molecule has 0 aliphatic rings. The van der Waals surface area contributed by atoms with Crippen LogP contribution < -0.4 is 5.32 Å². The molecule has 5 nitrogen and oxygen atoms in total. The summed E-state index contributed by atoms with van der Waals surface area (Å²) in [5.74, 6) is -0.490. The minimum absolute atomic E-state index is 0.215. The molecule has 0 unspecified atom stereocenters. The van der Waals surface area contributed by atoms with E-state index in [-0.39, 0.29) is 11.9 Å². The van der Waals surface area contributed by atoms with Crippen molar-refractivity contribution >= 4 is 43.7 Å². The van der Waals surface area contributed by atoms with Gasteiger partial charge in [0.05, 0.1) is 16.1 Å². The molecule has 94 valence electrons. The Labute approximate surface area is 116 Å². The monoisotopic (exact) mass is 366 g/mol. The molecular formula is C10H12Br2N2O3. The summed E-state index contributed by atoms with van der Waals surface area (Å²) in [6.07, 6.45) is 2.53. The van der Waals surface area contributed by atoms with Gasteiger partial charge in [-0.05, 0) is 38.3 Å². The van der Waals surface area contributed by atoms with E-state index < -0.39 is 0 Å². The molecule has 0 bridgehead atoms. The van der Waals surface area contributed by atoms with Gasteiger partial charge >= 0.3 is 5.97 Å². The summed E-state index contributed by atoms with van der Waals surface area (Å²) in [7, 11) is 1.34. The smallest absolute Gasteiger partial charge is 0.305 e. The fourth-order valence-corrected chi connectivity index (χ4v) is 1.89. The average molecular weight is 368 g/mol. The van der Waals surface area contributed by atoms with Crippen LogP contribution in [0.2, 0.25) is 0 Å². The number of methoxy groups -OCH3 is 1. The van der Waals surface area contributed by atoms with Gasteiger partial charge in [-0.3, -0.25) is 9.59 Å². The van der Waals surface area contributed by atoms with Crippen LogP contribution in [0, 0.1) is 0 Å². The lowest BCUT2D eigenvalue weighted by Gasteiger charge is -2.03. The predicted octanol–water partition coefficient (Wildman–Crippen LogP) is 2.22. The Balaban J connectivity index is 2.36. The van der Waals surface area contributed by atoms with Crippen molar-refractivity contribution < 1.29 is 14.3 Å². The van der Waals surface area contributed by atoms with Gasteiger partial charge in [0.15, 0.2) is 0 Å². The van der Waals surface area contributed by atoms with Crippen LogP contribution in [0.15, 0.2) is 15.1 Å². The first-order valence-electron chi connectivity index (χ1n) is 4.93. The number of aromatic nitrogens is 1. The number of halogens is 2. The SMILES string of the molecule is COC(=O)CCCNC(=O)c1[nH]cc(Br)c1Br. The lowest BCUT2D eigenvalue weighted by Crippen LogP contribution is -2.25. The van der Waals surface area contributed by atoms with Crippen molar-refractivity contribution in [3.8, 4) is 0 Å². The number of carbonyl (C=O) groups excluding carboxylic acids is 2. The second-order valence-corrected chi connectivity index (χ2v) is 4.91. The van der Waals surface area contributed by atoms with Crippen molar-refractivity contribution in [2.75, 3.05) is 13.7 Å². The minimum Gasteiger partial charge on any atom is -0.469 e. The van der Waals surface area contributed by atoms with Crippen LogP contribution in [-0.2, 0) is 9.53 Å². The third-order valence-electron chi connectivity index (χ3n) is 2.07. The molecule has 0 spiro atoms. The van der Waals surface area contributed by atoms with Gasteiger partial charge in [-0.1, -0.05) is 0 Å². The standard InChI is InChI=1S/C10H12Br2N2O3/c1-17-7(15)3-2-4-13-10(16)9-8(12)6(11)5-14-9/h5,14H,2-4H2,1H3,(H,13,16). The van der Waals surface area contributed by atoms with E-state index in [4.69, 9.17) is 0 Å². The number of ether oxygens (including phenoxy) is 1. The van der Waals surface area contributed by atoms with Crippen LogP contribution in [-0.4, -0.2) is 30.5 Å². The van der Waals surface area contributed by atoms with Crippen LogP contribution in [0.5, 0.6) is 0 Å². The first-order chi connectivity index (χ1) is 8.06. The Morgan fingerprint density at radius 1 is 1.47 bits per heavy atom. The van der Waals surface area contributed by atoms with Gasteiger partial charge in [0.2, 0.25) is 0 Å². The van der Waals surface area contributed by atoms with Gasteiger partial charge in [0.25, 0.3) is 5.91 Å². The van der Waals surface area contributed by atoms with Gasteiger partial charge in [-0.25, -0.2) is 0 Å². The summed E-state index contributed by atoms with van der Waals surface area (Å²) < 4.78 is 5.97. The van der Waals surface area contributed by atoms with Crippen molar-refractivity contribution in [2.24, 2.45) is 0 Å². The molecule has 17 heavy (non-hydrogen) atoms. The zero-order chi connectivity index (χ0) is 12.8. The molecule has 7 heteroatoms. The molecule has 0 saturated carbocycles.